The van der Waals surface area contributed by atoms with E-state index in [9.17, 15) is 0 Å². The van der Waals surface area contributed by atoms with Crippen molar-refractivity contribution in [1.82, 2.24) is 4.98 Å². The van der Waals surface area contributed by atoms with Crippen LogP contribution in [0.2, 0.25) is 0 Å². The third-order valence-corrected chi connectivity index (χ3v) is 1.94. The average Bonchev–Trinajstić information content (AvgIpc) is 2.34. The van der Waals surface area contributed by atoms with E-state index in [2.05, 4.69) is 4.98 Å². The predicted molar refractivity (Wildman–Crippen MR) is 35.9 cm³/mol. The lowest BCUT2D eigenvalue weighted by Gasteiger charge is -1.81. The molecule has 0 fully saturated rings. The van der Waals surface area contributed by atoms with Crippen molar-refractivity contribution in [3.05, 3.63) is 16.1 Å². The minimum absolute atomic E-state index is 0.0671. The van der Waals surface area contributed by atoms with Gasteiger partial charge in [0.25, 0.3) is 0 Å². The Labute approximate surface area is 57.2 Å². The van der Waals surface area contributed by atoms with Gasteiger partial charge in [-0.2, -0.15) is 0 Å². The van der Waals surface area contributed by atoms with E-state index >= 15 is 0 Å². The quantitative estimate of drug-likeness (QED) is 0.618. The topological polar surface area (TPSA) is 59.1 Å². The van der Waals surface area contributed by atoms with E-state index in [0.717, 1.165) is 9.88 Å². The molecule has 0 saturated heterocycles. The van der Waals surface area contributed by atoms with Crippen LogP contribution in [-0.4, -0.2) is 10.1 Å². The van der Waals surface area contributed by atoms with Gasteiger partial charge in [-0.25, -0.2) is 4.98 Å². The Kier molecular flexibility index (Phi) is 2.16. The number of nitrogens with two attached hydrogens (primary N) is 1. The smallest absolute Gasteiger partial charge is 0.106 e. The Bertz CT molecular complexity index is 168. The standard InChI is InChI=1S/C5H8N2OS/c6-1-5-7-2-4(3-8)9-5/h2,8H,1,3,6H2. The van der Waals surface area contributed by atoms with Gasteiger partial charge in [0.05, 0.1) is 11.5 Å². The maximum Gasteiger partial charge on any atom is 0.106 e. The van der Waals surface area contributed by atoms with Gasteiger partial charge in [-0.1, -0.05) is 0 Å². The molecule has 1 aromatic heterocycles. The van der Waals surface area contributed by atoms with Crippen LogP contribution in [0, 0.1) is 0 Å². The Balaban J connectivity index is 2.74. The number of hydrogen-bond donors (Lipinski definition) is 2. The zero-order valence-electron chi connectivity index (χ0n) is 4.87. The van der Waals surface area contributed by atoms with Crippen molar-refractivity contribution in [1.29, 1.82) is 0 Å². The van der Waals surface area contributed by atoms with Crippen LogP contribution in [0.4, 0.5) is 0 Å². The van der Waals surface area contributed by atoms with Gasteiger partial charge >= 0.3 is 0 Å². The van der Waals surface area contributed by atoms with Gasteiger partial charge < -0.3 is 10.8 Å². The van der Waals surface area contributed by atoms with Crippen molar-refractivity contribution in [2.24, 2.45) is 5.73 Å². The first-order valence-electron chi connectivity index (χ1n) is 2.61. The van der Waals surface area contributed by atoms with Gasteiger partial charge in [0.1, 0.15) is 5.01 Å². The van der Waals surface area contributed by atoms with Crippen molar-refractivity contribution < 1.29 is 5.11 Å². The molecule has 0 unspecified atom stereocenters. The third kappa shape index (κ3) is 1.48. The van der Waals surface area contributed by atoms with Crippen molar-refractivity contribution in [2.75, 3.05) is 0 Å². The molecule has 9 heavy (non-hydrogen) atoms. The molecule has 1 heterocycles. The molecule has 1 rings (SSSR count). The number of hydrogen-bond acceptors (Lipinski definition) is 4. The van der Waals surface area contributed by atoms with Crippen LogP contribution in [0.25, 0.3) is 0 Å². The lowest BCUT2D eigenvalue weighted by Crippen LogP contribution is -1.93. The molecular weight excluding hydrogens is 136 g/mol. The second-order valence-electron chi connectivity index (χ2n) is 1.58. The summed E-state index contributed by atoms with van der Waals surface area (Å²) in [5.74, 6) is 0. The molecule has 0 aliphatic rings. The normalized spacial score (nSPS) is 10.0. The molecule has 0 aliphatic carbocycles. The number of thiazole rings is 1. The molecule has 0 radical (unpaired) electrons. The third-order valence-electron chi connectivity index (χ3n) is 0.932. The lowest BCUT2D eigenvalue weighted by molar-refractivity contribution is 0.285. The highest BCUT2D eigenvalue weighted by Crippen LogP contribution is 2.10. The summed E-state index contributed by atoms with van der Waals surface area (Å²) in [6, 6.07) is 0. The largest absolute Gasteiger partial charge is 0.391 e. The van der Waals surface area contributed by atoms with Gasteiger partial charge in [-0.3, -0.25) is 0 Å². The zero-order chi connectivity index (χ0) is 6.69. The minimum Gasteiger partial charge on any atom is -0.391 e. The van der Waals surface area contributed by atoms with Crippen molar-refractivity contribution in [2.45, 2.75) is 13.2 Å². The summed E-state index contributed by atoms with van der Waals surface area (Å²) in [7, 11) is 0. The summed E-state index contributed by atoms with van der Waals surface area (Å²) in [6.07, 6.45) is 1.65. The molecule has 3 N–H and O–H groups in total. The number of aliphatic hydroxyl groups excluding tert-OH is 1. The highest BCUT2D eigenvalue weighted by molar-refractivity contribution is 7.11. The molecule has 0 amide bonds. The van der Waals surface area contributed by atoms with Gasteiger partial charge in [0, 0.05) is 12.7 Å². The van der Waals surface area contributed by atoms with Crippen LogP contribution >= 0.6 is 11.3 Å². The van der Waals surface area contributed by atoms with Crippen LogP contribution in [0.5, 0.6) is 0 Å². The Hall–Kier alpha value is -0.450. The van der Waals surface area contributed by atoms with Gasteiger partial charge in [0.15, 0.2) is 0 Å². The lowest BCUT2D eigenvalue weighted by atomic mass is 10.6. The van der Waals surface area contributed by atoms with Gasteiger partial charge in [0.2, 0.25) is 0 Å². The first kappa shape index (κ1) is 6.67. The molecule has 0 atom stereocenters. The highest BCUT2D eigenvalue weighted by atomic mass is 32.1. The van der Waals surface area contributed by atoms with Gasteiger partial charge in [-0.15, -0.1) is 11.3 Å². The van der Waals surface area contributed by atoms with Gasteiger partial charge in [-0.05, 0) is 0 Å². The molecule has 0 bridgehead atoms. The van der Waals surface area contributed by atoms with E-state index in [0.29, 0.717) is 6.54 Å². The molecule has 1 aromatic rings. The molecule has 0 saturated carbocycles. The summed E-state index contributed by atoms with van der Waals surface area (Å²) in [6.45, 7) is 0.530. The maximum atomic E-state index is 8.58. The summed E-state index contributed by atoms with van der Waals surface area (Å²) in [4.78, 5) is 4.81. The highest BCUT2D eigenvalue weighted by Gasteiger charge is 1.96. The Morgan fingerprint density at radius 1 is 1.78 bits per heavy atom. The maximum absolute atomic E-state index is 8.58. The van der Waals surface area contributed by atoms with E-state index in [1.165, 1.54) is 11.3 Å². The number of aromatic nitrogens is 1. The van der Waals surface area contributed by atoms with Crippen molar-refractivity contribution >= 4 is 11.3 Å². The predicted octanol–water partition coefficient (Wildman–Crippen LogP) is 0.0941. The monoisotopic (exact) mass is 144 g/mol. The van der Waals surface area contributed by atoms with E-state index in [1.54, 1.807) is 6.20 Å². The molecular formula is C5H8N2OS. The van der Waals surface area contributed by atoms with Crippen LogP contribution in [0.1, 0.15) is 9.88 Å². The van der Waals surface area contributed by atoms with E-state index < -0.39 is 0 Å². The van der Waals surface area contributed by atoms with Crippen LogP contribution in [-0.2, 0) is 13.2 Å². The second-order valence-corrected chi connectivity index (χ2v) is 2.78. The minimum atomic E-state index is 0.0671. The molecule has 3 nitrogen and oxygen atoms in total. The average molecular weight is 144 g/mol. The fourth-order valence-electron chi connectivity index (χ4n) is 0.515. The zero-order valence-corrected chi connectivity index (χ0v) is 5.69. The summed E-state index contributed by atoms with van der Waals surface area (Å²) >= 11 is 1.45. The summed E-state index contributed by atoms with van der Waals surface area (Å²) in [5, 5.41) is 9.45. The van der Waals surface area contributed by atoms with E-state index in [-0.39, 0.29) is 6.61 Å². The van der Waals surface area contributed by atoms with E-state index in [1.807, 2.05) is 0 Å². The number of rotatable bonds is 2. The Morgan fingerprint density at radius 3 is 2.89 bits per heavy atom. The first-order valence-corrected chi connectivity index (χ1v) is 3.43. The first-order chi connectivity index (χ1) is 4.36. The molecule has 4 heteroatoms. The molecule has 0 spiro atoms. The molecule has 50 valence electrons. The fourth-order valence-corrected chi connectivity index (χ4v) is 1.18. The van der Waals surface area contributed by atoms with Crippen molar-refractivity contribution in [3.63, 3.8) is 0 Å². The van der Waals surface area contributed by atoms with Crippen LogP contribution < -0.4 is 5.73 Å². The van der Waals surface area contributed by atoms with Crippen molar-refractivity contribution in [3.8, 4) is 0 Å². The number of aliphatic hydroxyl groups is 1. The molecule has 0 aromatic carbocycles. The second kappa shape index (κ2) is 2.91. The fraction of sp³-hybridized carbons (Fsp3) is 0.400. The van der Waals surface area contributed by atoms with Crippen LogP contribution in [0.15, 0.2) is 6.20 Å². The Morgan fingerprint density at radius 2 is 2.56 bits per heavy atom. The molecule has 0 aliphatic heterocycles. The van der Waals surface area contributed by atoms with Crippen LogP contribution in [0.3, 0.4) is 0 Å². The number of nitrogens with zero attached hydrogens (tertiary/aromatic N) is 1. The summed E-state index contributed by atoms with van der Waals surface area (Å²) in [5.41, 5.74) is 5.28. The SMILES string of the molecule is NCc1ncc(CO)s1. The van der Waals surface area contributed by atoms with E-state index in [4.69, 9.17) is 10.8 Å². The summed E-state index contributed by atoms with van der Waals surface area (Å²) < 4.78 is 0.